The fourth-order valence-corrected chi connectivity index (χ4v) is 2.07. The van der Waals surface area contributed by atoms with Crippen molar-refractivity contribution in [2.75, 3.05) is 6.54 Å². The van der Waals surface area contributed by atoms with Gasteiger partial charge in [0.25, 0.3) is 0 Å². The molecule has 2 nitrogen and oxygen atoms in total. The molecule has 0 saturated heterocycles. The first-order valence-electron chi connectivity index (χ1n) is 5.21. The fourth-order valence-electron chi connectivity index (χ4n) is 2.07. The van der Waals surface area contributed by atoms with Gasteiger partial charge in [-0.25, -0.2) is 0 Å². The third-order valence-electron chi connectivity index (χ3n) is 3.48. The predicted molar refractivity (Wildman–Crippen MR) is 58.8 cm³/mol. The van der Waals surface area contributed by atoms with E-state index in [1.165, 1.54) is 24.0 Å². The minimum atomic E-state index is 0.119. The molecule has 1 aliphatic rings. The van der Waals surface area contributed by atoms with Crippen molar-refractivity contribution in [1.82, 2.24) is 0 Å². The molecule has 0 heterocycles. The second-order valence-corrected chi connectivity index (χ2v) is 4.40. The standard InChI is InChI=1S/C12H18N2/c1-9-4-2-3-5-10(9)11(14)12(8-13)6-7-12/h2-5,11H,6-8,13-14H2,1H3. The lowest BCUT2D eigenvalue weighted by Gasteiger charge is -2.23. The molecule has 1 atom stereocenters. The molecule has 0 aromatic heterocycles. The SMILES string of the molecule is Cc1ccccc1C(N)C1(CN)CC1. The Labute approximate surface area is 85.3 Å². The number of rotatable bonds is 3. The first-order valence-corrected chi connectivity index (χ1v) is 5.21. The molecule has 0 aliphatic heterocycles. The highest BCUT2D eigenvalue weighted by atomic mass is 14.8. The highest BCUT2D eigenvalue weighted by Crippen LogP contribution is 2.53. The predicted octanol–water partition coefficient (Wildman–Crippen LogP) is 1.73. The molecule has 1 fully saturated rings. The topological polar surface area (TPSA) is 52.0 Å². The summed E-state index contributed by atoms with van der Waals surface area (Å²) in [5.74, 6) is 0. The smallest absolute Gasteiger partial charge is 0.0366 e. The summed E-state index contributed by atoms with van der Waals surface area (Å²) < 4.78 is 0. The number of benzene rings is 1. The Morgan fingerprint density at radius 2 is 2.00 bits per heavy atom. The minimum Gasteiger partial charge on any atom is -0.330 e. The lowest BCUT2D eigenvalue weighted by Crippen LogP contribution is -2.30. The first kappa shape index (κ1) is 9.69. The first-order chi connectivity index (χ1) is 6.69. The van der Waals surface area contributed by atoms with Gasteiger partial charge in [0.1, 0.15) is 0 Å². The number of hydrogen-bond acceptors (Lipinski definition) is 2. The number of aryl methyl sites for hydroxylation is 1. The zero-order chi connectivity index (χ0) is 10.2. The Morgan fingerprint density at radius 1 is 1.36 bits per heavy atom. The molecular weight excluding hydrogens is 172 g/mol. The zero-order valence-corrected chi connectivity index (χ0v) is 8.66. The van der Waals surface area contributed by atoms with Gasteiger partial charge in [0.05, 0.1) is 0 Å². The van der Waals surface area contributed by atoms with Crippen molar-refractivity contribution >= 4 is 0 Å². The van der Waals surface area contributed by atoms with Crippen molar-refractivity contribution in [2.45, 2.75) is 25.8 Å². The molecule has 0 spiro atoms. The van der Waals surface area contributed by atoms with Gasteiger partial charge in [0.15, 0.2) is 0 Å². The average molecular weight is 190 g/mol. The number of hydrogen-bond donors (Lipinski definition) is 2. The second kappa shape index (κ2) is 3.37. The van der Waals surface area contributed by atoms with Gasteiger partial charge in [-0.15, -0.1) is 0 Å². The van der Waals surface area contributed by atoms with Crippen LogP contribution in [-0.4, -0.2) is 6.54 Å². The summed E-state index contributed by atoms with van der Waals surface area (Å²) in [6, 6.07) is 8.45. The van der Waals surface area contributed by atoms with Crippen molar-refractivity contribution in [3.8, 4) is 0 Å². The van der Waals surface area contributed by atoms with Crippen molar-refractivity contribution in [3.05, 3.63) is 35.4 Å². The molecule has 4 N–H and O–H groups in total. The molecule has 1 unspecified atom stereocenters. The molecule has 1 saturated carbocycles. The average Bonchev–Trinajstić information content (AvgIpc) is 2.98. The molecule has 76 valence electrons. The van der Waals surface area contributed by atoms with Gasteiger partial charge in [-0.05, 0) is 37.4 Å². The third-order valence-corrected chi connectivity index (χ3v) is 3.48. The summed E-state index contributed by atoms with van der Waals surface area (Å²) in [6.07, 6.45) is 2.36. The highest BCUT2D eigenvalue weighted by molar-refractivity contribution is 5.31. The van der Waals surface area contributed by atoms with Crippen molar-refractivity contribution in [1.29, 1.82) is 0 Å². The van der Waals surface area contributed by atoms with Crippen LogP contribution in [0.1, 0.15) is 30.0 Å². The molecule has 0 amide bonds. The monoisotopic (exact) mass is 190 g/mol. The molecule has 0 radical (unpaired) electrons. The van der Waals surface area contributed by atoms with Crippen LogP contribution in [0.15, 0.2) is 24.3 Å². The van der Waals surface area contributed by atoms with E-state index in [0.29, 0.717) is 6.54 Å². The lowest BCUT2D eigenvalue weighted by molar-refractivity contribution is 0.418. The maximum Gasteiger partial charge on any atom is 0.0366 e. The van der Waals surface area contributed by atoms with E-state index in [4.69, 9.17) is 11.5 Å². The van der Waals surface area contributed by atoms with Crippen LogP contribution < -0.4 is 11.5 Å². The van der Waals surface area contributed by atoms with Crippen LogP contribution in [0.2, 0.25) is 0 Å². The van der Waals surface area contributed by atoms with Crippen LogP contribution in [0.5, 0.6) is 0 Å². The Balaban J connectivity index is 2.27. The van der Waals surface area contributed by atoms with E-state index < -0.39 is 0 Å². The molecule has 0 bridgehead atoms. The second-order valence-electron chi connectivity index (χ2n) is 4.40. The summed E-state index contributed by atoms with van der Waals surface area (Å²) >= 11 is 0. The van der Waals surface area contributed by atoms with Crippen molar-refractivity contribution in [3.63, 3.8) is 0 Å². The van der Waals surface area contributed by atoms with Crippen LogP contribution in [0, 0.1) is 12.3 Å². The Bertz CT molecular complexity index is 329. The molecular formula is C12H18N2. The molecule has 1 aromatic carbocycles. The maximum atomic E-state index is 6.27. The molecule has 1 aromatic rings. The fraction of sp³-hybridized carbons (Fsp3) is 0.500. The Morgan fingerprint density at radius 3 is 2.50 bits per heavy atom. The van der Waals surface area contributed by atoms with Crippen molar-refractivity contribution < 1.29 is 0 Å². The normalized spacial score (nSPS) is 20.5. The van der Waals surface area contributed by atoms with Crippen LogP contribution in [-0.2, 0) is 0 Å². The summed E-state index contributed by atoms with van der Waals surface area (Å²) in [6.45, 7) is 2.82. The van der Waals surface area contributed by atoms with Crippen LogP contribution >= 0.6 is 0 Å². The van der Waals surface area contributed by atoms with Gasteiger partial charge < -0.3 is 11.5 Å². The third kappa shape index (κ3) is 1.45. The quantitative estimate of drug-likeness (QED) is 0.762. The molecule has 14 heavy (non-hydrogen) atoms. The van der Waals surface area contributed by atoms with E-state index in [1.54, 1.807) is 0 Å². The van der Waals surface area contributed by atoms with E-state index in [1.807, 2.05) is 6.07 Å². The minimum absolute atomic E-state index is 0.119. The number of nitrogens with two attached hydrogens (primary N) is 2. The van der Waals surface area contributed by atoms with Gasteiger partial charge in [-0.3, -0.25) is 0 Å². The Kier molecular flexibility index (Phi) is 2.33. The zero-order valence-electron chi connectivity index (χ0n) is 8.66. The van der Waals surface area contributed by atoms with Gasteiger partial charge in [0.2, 0.25) is 0 Å². The summed E-state index contributed by atoms with van der Waals surface area (Å²) in [7, 11) is 0. The Hall–Kier alpha value is -0.860. The van der Waals surface area contributed by atoms with Gasteiger partial charge >= 0.3 is 0 Å². The van der Waals surface area contributed by atoms with E-state index in [-0.39, 0.29) is 11.5 Å². The van der Waals surface area contributed by atoms with E-state index in [9.17, 15) is 0 Å². The summed E-state index contributed by atoms with van der Waals surface area (Å²) in [4.78, 5) is 0. The van der Waals surface area contributed by atoms with Gasteiger partial charge in [0, 0.05) is 11.5 Å². The molecule has 2 rings (SSSR count). The summed E-state index contributed by atoms with van der Waals surface area (Å²) in [5.41, 5.74) is 14.8. The summed E-state index contributed by atoms with van der Waals surface area (Å²) in [5, 5.41) is 0. The van der Waals surface area contributed by atoms with E-state index in [0.717, 1.165) is 0 Å². The van der Waals surface area contributed by atoms with Crippen LogP contribution in [0.3, 0.4) is 0 Å². The van der Waals surface area contributed by atoms with E-state index in [2.05, 4.69) is 25.1 Å². The lowest BCUT2D eigenvalue weighted by atomic mass is 9.88. The van der Waals surface area contributed by atoms with Crippen molar-refractivity contribution in [2.24, 2.45) is 16.9 Å². The highest BCUT2D eigenvalue weighted by Gasteiger charge is 2.47. The molecule has 2 heteroatoms. The van der Waals surface area contributed by atoms with E-state index >= 15 is 0 Å². The van der Waals surface area contributed by atoms with Crippen LogP contribution in [0.25, 0.3) is 0 Å². The molecule has 1 aliphatic carbocycles. The largest absolute Gasteiger partial charge is 0.330 e. The van der Waals surface area contributed by atoms with Gasteiger partial charge in [-0.1, -0.05) is 24.3 Å². The maximum absolute atomic E-state index is 6.27. The van der Waals surface area contributed by atoms with Gasteiger partial charge in [-0.2, -0.15) is 0 Å². The van der Waals surface area contributed by atoms with Crippen LogP contribution in [0.4, 0.5) is 0 Å².